The largest absolute Gasteiger partial charge is 0.385 e. The highest BCUT2D eigenvalue weighted by Crippen LogP contribution is 2.27. The molecule has 2 heteroatoms. The summed E-state index contributed by atoms with van der Waals surface area (Å²) in [5, 5.41) is 3.67. The highest BCUT2D eigenvalue weighted by molar-refractivity contribution is 4.85. The molecule has 0 fully saturated rings. The molecule has 0 bridgehead atoms. The Morgan fingerprint density at radius 2 is 1.67 bits per heavy atom. The number of nitrogens with one attached hydrogen (secondary N) is 1. The van der Waals surface area contributed by atoms with Gasteiger partial charge in [-0.3, -0.25) is 0 Å². The molecule has 0 rings (SSSR count). The fraction of sp³-hybridized carbons (Fsp3) is 1.00. The second-order valence-corrected chi connectivity index (χ2v) is 6.45. The molecule has 0 aromatic rings. The Balaban J connectivity index is 4.01. The maximum Gasteiger partial charge on any atom is 0.0476 e. The van der Waals surface area contributed by atoms with Gasteiger partial charge < -0.3 is 10.1 Å². The zero-order valence-corrected chi connectivity index (χ0v) is 11.6. The summed E-state index contributed by atoms with van der Waals surface area (Å²) in [5.74, 6) is 0. The topological polar surface area (TPSA) is 21.3 Å². The summed E-state index contributed by atoms with van der Waals surface area (Å²) >= 11 is 0. The van der Waals surface area contributed by atoms with Crippen molar-refractivity contribution in [3.63, 3.8) is 0 Å². The van der Waals surface area contributed by atoms with Crippen molar-refractivity contribution in [2.24, 2.45) is 5.41 Å². The van der Waals surface area contributed by atoms with Crippen LogP contribution in [0.4, 0.5) is 0 Å². The van der Waals surface area contributed by atoms with Gasteiger partial charge in [-0.25, -0.2) is 0 Å². The van der Waals surface area contributed by atoms with E-state index in [-0.39, 0.29) is 5.54 Å². The van der Waals surface area contributed by atoms with Crippen LogP contribution in [-0.2, 0) is 4.74 Å². The molecule has 0 aliphatic rings. The molecule has 92 valence electrons. The average Bonchev–Trinajstić information content (AvgIpc) is 1.94. The quantitative estimate of drug-likeness (QED) is 0.734. The van der Waals surface area contributed by atoms with E-state index in [0.29, 0.717) is 11.5 Å². The van der Waals surface area contributed by atoms with Gasteiger partial charge in [0.15, 0.2) is 0 Å². The molecule has 0 heterocycles. The lowest BCUT2D eigenvalue weighted by atomic mass is 9.81. The van der Waals surface area contributed by atoms with Crippen LogP contribution in [0.2, 0.25) is 0 Å². The van der Waals surface area contributed by atoms with E-state index < -0.39 is 0 Å². The fourth-order valence-electron chi connectivity index (χ4n) is 2.41. The third-order valence-electron chi connectivity index (χ3n) is 2.36. The van der Waals surface area contributed by atoms with Crippen LogP contribution in [0.1, 0.15) is 54.4 Å². The molecule has 0 amide bonds. The standard InChI is InChI=1S/C13H29NO/c1-11(8-9-15-7)14-13(5,6)10-12(2,3)4/h11,14H,8-10H2,1-7H3. The highest BCUT2D eigenvalue weighted by atomic mass is 16.5. The Kier molecular flexibility index (Phi) is 5.82. The summed E-state index contributed by atoms with van der Waals surface area (Å²) in [5.41, 5.74) is 0.572. The molecule has 0 aliphatic heterocycles. The molecule has 2 nitrogen and oxygen atoms in total. The van der Waals surface area contributed by atoms with Gasteiger partial charge in [0.1, 0.15) is 0 Å². The number of hydrogen-bond donors (Lipinski definition) is 1. The maximum absolute atomic E-state index is 5.09. The van der Waals surface area contributed by atoms with Gasteiger partial charge in [-0.2, -0.15) is 0 Å². The third-order valence-corrected chi connectivity index (χ3v) is 2.36. The Morgan fingerprint density at radius 1 is 1.13 bits per heavy atom. The van der Waals surface area contributed by atoms with Gasteiger partial charge in [0.2, 0.25) is 0 Å². The smallest absolute Gasteiger partial charge is 0.0476 e. The monoisotopic (exact) mass is 215 g/mol. The molecule has 0 saturated heterocycles. The van der Waals surface area contributed by atoms with Gasteiger partial charge in [-0.15, -0.1) is 0 Å². The van der Waals surface area contributed by atoms with Crippen LogP contribution in [0.25, 0.3) is 0 Å². The molecule has 1 atom stereocenters. The summed E-state index contributed by atoms with van der Waals surface area (Å²) in [4.78, 5) is 0. The Hall–Kier alpha value is -0.0800. The predicted molar refractivity (Wildman–Crippen MR) is 67.2 cm³/mol. The Labute approximate surface area is 95.8 Å². The summed E-state index contributed by atoms with van der Waals surface area (Å²) < 4.78 is 5.09. The minimum absolute atomic E-state index is 0.200. The molecule has 15 heavy (non-hydrogen) atoms. The van der Waals surface area contributed by atoms with Crippen molar-refractivity contribution in [2.75, 3.05) is 13.7 Å². The van der Waals surface area contributed by atoms with Gasteiger partial charge in [0.05, 0.1) is 0 Å². The van der Waals surface area contributed by atoms with Gasteiger partial charge >= 0.3 is 0 Å². The molecule has 0 aliphatic carbocycles. The van der Waals surface area contributed by atoms with Gasteiger partial charge in [0, 0.05) is 25.3 Å². The first kappa shape index (κ1) is 14.9. The number of methoxy groups -OCH3 is 1. The van der Waals surface area contributed by atoms with Crippen LogP contribution in [0.3, 0.4) is 0 Å². The van der Waals surface area contributed by atoms with Crippen molar-refractivity contribution < 1.29 is 4.74 Å². The Morgan fingerprint density at radius 3 is 2.07 bits per heavy atom. The van der Waals surface area contributed by atoms with E-state index in [2.05, 4.69) is 46.9 Å². The van der Waals surface area contributed by atoms with Crippen LogP contribution in [-0.4, -0.2) is 25.3 Å². The predicted octanol–water partition coefficient (Wildman–Crippen LogP) is 3.22. The molecular formula is C13H29NO. The minimum atomic E-state index is 0.200. The van der Waals surface area contributed by atoms with Crippen molar-refractivity contribution >= 4 is 0 Å². The highest BCUT2D eigenvalue weighted by Gasteiger charge is 2.26. The average molecular weight is 215 g/mol. The molecule has 1 unspecified atom stereocenters. The first-order valence-corrected chi connectivity index (χ1v) is 5.93. The number of hydrogen-bond acceptors (Lipinski definition) is 2. The maximum atomic E-state index is 5.09. The van der Waals surface area contributed by atoms with Crippen molar-refractivity contribution in [3.05, 3.63) is 0 Å². The van der Waals surface area contributed by atoms with Crippen molar-refractivity contribution in [1.29, 1.82) is 0 Å². The van der Waals surface area contributed by atoms with Crippen molar-refractivity contribution in [3.8, 4) is 0 Å². The zero-order valence-electron chi connectivity index (χ0n) is 11.6. The van der Waals surface area contributed by atoms with Crippen LogP contribution >= 0.6 is 0 Å². The van der Waals surface area contributed by atoms with Crippen LogP contribution in [0.15, 0.2) is 0 Å². The Bertz CT molecular complexity index is 170. The summed E-state index contributed by atoms with van der Waals surface area (Å²) in [7, 11) is 1.76. The molecule has 0 aromatic heterocycles. The second kappa shape index (κ2) is 5.86. The summed E-state index contributed by atoms with van der Waals surface area (Å²) in [6, 6.07) is 0.516. The van der Waals surface area contributed by atoms with E-state index in [1.165, 1.54) is 6.42 Å². The molecule has 0 radical (unpaired) electrons. The van der Waals surface area contributed by atoms with Crippen LogP contribution in [0.5, 0.6) is 0 Å². The normalized spacial score (nSPS) is 15.4. The van der Waals surface area contributed by atoms with E-state index in [1.54, 1.807) is 7.11 Å². The number of ether oxygens (including phenoxy) is 1. The lowest BCUT2D eigenvalue weighted by molar-refractivity contribution is 0.168. The molecule has 0 spiro atoms. The summed E-state index contributed by atoms with van der Waals surface area (Å²) in [6.45, 7) is 14.5. The third kappa shape index (κ3) is 8.88. The molecule has 0 aromatic carbocycles. The van der Waals surface area contributed by atoms with E-state index in [4.69, 9.17) is 4.74 Å². The fourth-order valence-corrected chi connectivity index (χ4v) is 2.41. The van der Waals surface area contributed by atoms with Gasteiger partial charge in [-0.1, -0.05) is 20.8 Å². The number of rotatable bonds is 6. The molecule has 1 N–H and O–H groups in total. The first-order chi connectivity index (χ1) is 6.66. The van der Waals surface area contributed by atoms with Gasteiger partial charge in [-0.05, 0) is 39.0 Å². The zero-order chi connectivity index (χ0) is 12.1. The van der Waals surface area contributed by atoms with E-state index >= 15 is 0 Å². The van der Waals surface area contributed by atoms with E-state index in [0.717, 1.165) is 13.0 Å². The van der Waals surface area contributed by atoms with E-state index in [9.17, 15) is 0 Å². The second-order valence-electron chi connectivity index (χ2n) is 6.45. The minimum Gasteiger partial charge on any atom is -0.385 e. The molecule has 0 saturated carbocycles. The van der Waals surface area contributed by atoms with Gasteiger partial charge in [0.25, 0.3) is 0 Å². The van der Waals surface area contributed by atoms with Crippen molar-refractivity contribution in [2.45, 2.75) is 66.0 Å². The van der Waals surface area contributed by atoms with E-state index in [1.807, 2.05) is 0 Å². The van der Waals surface area contributed by atoms with Crippen molar-refractivity contribution in [1.82, 2.24) is 5.32 Å². The SMILES string of the molecule is COCCC(C)NC(C)(C)CC(C)(C)C. The first-order valence-electron chi connectivity index (χ1n) is 5.93. The van der Waals surface area contributed by atoms with Crippen LogP contribution < -0.4 is 5.32 Å². The lowest BCUT2D eigenvalue weighted by Gasteiger charge is -2.36. The summed E-state index contributed by atoms with van der Waals surface area (Å²) in [6.07, 6.45) is 2.25. The lowest BCUT2D eigenvalue weighted by Crippen LogP contribution is -2.47. The van der Waals surface area contributed by atoms with Crippen LogP contribution in [0, 0.1) is 5.41 Å². The molecular weight excluding hydrogens is 186 g/mol.